The molecule has 0 atom stereocenters. The summed E-state index contributed by atoms with van der Waals surface area (Å²) in [7, 11) is 0. The molecule has 0 fully saturated rings. The molecule has 5 nitrogen and oxygen atoms in total. The highest BCUT2D eigenvalue weighted by atomic mass is 79.9. The third kappa shape index (κ3) is 3.21. The van der Waals surface area contributed by atoms with E-state index >= 15 is 0 Å². The van der Waals surface area contributed by atoms with Gasteiger partial charge in [-0.3, -0.25) is 0 Å². The maximum Gasteiger partial charge on any atom is 0.339 e. The number of carboxylic acid groups (broad SMARTS) is 1. The number of aryl methyl sites for hydroxylation is 1. The lowest BCUT2D eigenvalue weighted by Crippen LogP contribution is -2.06. The molecule has 0 spiro atoms. The van der Waals surface area contributed by atoms with Crippen LogP contribution in [0.15, 0.2) is 28.9 Å². The van der Waals surface area contributed by atoms with E-state index in [1.165, 1.54) is 6.20 Å². The minimum absolute atomic E-state index is 0.0860. The van der Waals surface area contributed by atoms with E-state index in [9.17, 15) is 4.79 Å². The maximum absolute atomic E-state index is 10.9. The van der Waals surface area contributed by atoms with Crippen LogP contribution in [0.4, 0.5) is 11.6 Å². The number of carbonyl (C=O) groups is 1. The largest absolute Gasteiger partial charge is 0.478 e. The van der Waals surface area contributed by atoms with E-state index in [4.69, 9.17) is 16.7 Å². The number of hydrogen-bond donors (Lipinski definition) is 2. The molecule has 1 aromatic carbocycles. The average Bonchev–Trinajstić information content (AvgIpc) is 2.33. The molecule has 0 aliphatic carbocycles. The van der Waals surface area contributed by atoms with Gasteiger partial charge in [-0.15, -0.1) is 0 Å². The SMILES string of the molecule is Cc1nc(Nc2ccc(Cl)c(Br)c2)ncc1C(=O)O. The van der Waals surface area contributed by atoms with E-state index in [-0.39, 0.29) is 5.56 Å². The Morgan fingerprint density at radius 3 is 2.79 bits per heavy atom. The zero-order valence-electron chi connectivity index (χ0n) is 9.82. The molecule has 0 saturated heterocycles. The van der Waals surface area contributed by atoms with Crippen LogP contribution in [0.1, 0.15) is 16.1 Å². The number of aromatic nitrogens is 2. The lowest BCUT2D eigenvalue weighted by atomic mass is 10.2. The molecule has 7 heteroatoms. The van der Waals surface area contributed by atoms with Crippen molar-refractivity contribution < 1.29 is 9.90 Å². The van der Waals surface area contributed by atoms with Crippen molar-refractivity contribution in [3.05, 3.63) is 45.1 Å². The minimum atomic E-state index is -1.04. The van der Waals surface area contributed by atoms with Crippen molar-refractivity contribution in [2.24, 2.45) is 0 Å². The first kappa shape index (κ1) is 13.8. The Morgan fingerprint density at radius 2 is 2.21 bits per heavy atom. The predicted octanol–water partition coefficient (Wildman–Crippen LogP) is 3.64. The highest BCUT2D eigenvalue weighted by Crippen LogP contribution is 2.26. The molecule has 0 unspecified atom stereocenters. The summed E-state index contributed by atoms with van der Waals surface area (Å²) in [5, 5.41) is 12.5. The Bertz CT molecular complexity index is 649. The van der Waals surface area contributed by atoms with Crippen LogP contribution in [-0.4, -0.2) is 21.0 Å². The molecule has 2 N–H and O–H groups in total. The van der Waals surface area contributed by atoms with E-state index in [0.29, 0.717) is 16.7 Å². The van der Waals surface area contributed by atoms with Crippen molar-refractivity contribution in [2.75, 3.05) is 5.32 Å². The molecule has 0 amide bonds. The fourth-order valence-corrected chi connectivity index (χ4v) is 1.94. The van der Waals surface area contributed by atoms with E-state index in [0.717, 1.165) is 10.2 Å². The van der Waals surface area contributed by atoms with Crippen LogP contribution >= 0.6 is 27.5 Å². The van der Waals surface area contributed by atoms with E-state index < -0.39 is 5.97 Å². The van der Waals surface area contributed by atoms with E-state index in [2.05, 4.69) is 31.2 Å². The molecular formula is C12H9BrClN3O2. The normalized spacial score (nSPS) is 10.3. The number of hydrogen-bond acceptors (Lipinski definition) is 4. The molecule has 0 saturated carbocycles. The first-order valence-corrected chi connectivity index (χ1v) is 6.43. The van der Waals surface area contributed by atoms with E-state index in [1.54, 1.807) is 25.1 Å². The third-order valence-corrected chi connectivity index (χ3v) is 3.60. The lowest BCUT2D eigenvalue weighted by Gasteiger charge is -2.07. The number of carboxylic acids is 1. The number of aromatic carboxylic acids is 1. The van der Waals surface area contributed by atoms with Crippen molar-refractivity contribution in [2.45, 2.75) is 6.92 Å². The van der Waals surface area contributed by atoms with Crippen molar-refractivity contribution in [1.82, 2.24) is 9.97 Å². The van der Waals surface area contributed by atoms with Gasteiger partial charge in [-0.25, -0.2) is 14.8 Å². The molecule has 0 bridgehead atoms. The predicted molar refractivity (Wildman–Crippen MR) is 76.2 cm³/mol. The molecule has 1 heterocycles. The van der Waals surface area contributed by atoms with Gasteiger partial charge in [0, 0.05) is 16.4 Å². The second kappa shape index (κ2) is 5.54. The lowest BCUT2D eigenvalue weighted by molar-refractivity contribution is 0.0695. The van der Waals surface area contributed by atoms with Gasteiger partial charge in [0.25, 0.3) is 0 Å². The smallest absolute Gasteiger partial charge is 0.339 e. The Hall–Kier alpha value is -1.66. The summed E-state index contributed by atoms with van der Waals surface area (Å²) in [6.07, 6.45) is 1.28. The Balaban J connectivity index is 2.26. The van der Waals surface area contributed by atoms with Gasteiger partial charge in [0.15, 0.2) is 0 Å². The zero-order chi connectivity index (χ0) is 14.0. The second-order valence-corrected chi connectivity index (χ2v) is 5.01. The number of halogens is 2. The molecular weight excluding hydrogens is 334 g/mol. The van der Waals surface area contributed by atoms with Crippen LogP contribution in [0.2, 0.25) is 5.02 Å². The van der Waals surface area contributed by atoms with Gasteiger partial charge < -0.3 is 10.4 Å². The number of benzene rings is 1. The Labute approximate surface area is 122 Å². The van der Waals surface area contributed by atoms with Gasteiger partial charge in [-0.2, -0.15) is 0 Å². The fourth-order valence-electron chi connectivity index (χ4n) is 1.44. The highest BCUT2D eigenvalue weighted by molar-refractivity contribution is 9.10. The van der Waals surface area contributed by atoms with Crippen LogP contribution in [0, 0.1) is 6.92 Å². The fraction of sp³-hybridized carbons (Fsp3) is 0.0833. The molecule has 0 aliphatic heterocycles. The summed E-state index contributed by atoms with van der Waals surface area (Å²) in [6.45, 7) is 1.62. The van der Waals surface area contributed by atoms with Crippen LogP contribution in [-0.2, 0) is 0 Å². The van der Waals surface area contributed by atoms with Gasteiger partial charge >= 0.3 is 5.97 Å². The van der Waals surface area contributed by atoms with Gasteiger partial charge in [0.05, 0.1) is 16.3 Å². The number of nitrogens with one attached hydrogen (secondary N) is 1. The first-order chi connectivity index (χ1) is 8.97. The third-order valence-electron chi connectivity index (χ3n) is 2.39. The van der Waals surface area contributed by atoms with Crippen molar-refractivity contribution in [3.63, 3.8) is 0 Å². The first-order valence-electron chi connectivity index (χ1n) is 5.26. The topological polar surface area (TPSA) is 75.1 Å². The van der Waals surface area contributed by atoms with Crippen molar-refractivity contribution in [3.8, 4) is 0 Å². The molecule has 0 radical (unpaired) electrons. The van der Waals surface area contributed by atoms with Crippen LogP contribution in [0.25, 0.3) is 0 Å². The quantitative estimate of drug-likeness (QED) is 0.890. The average molecular weight is 343 g/mol. The van der Waals surface area contributed by atoms with Gasteiger partial charge in [0.1, 0.15) is 0 Å². The summed E-state index contributed by atoms with van der Waals surface area (Å²) < 4.78 is 0.748. The summed E-state index contributed by atoms with van der Waals surface area (Å²) in [5.74, 6) is -0.713. The summed E-state index contributed by atoms with van der Waals surface area (Å²) in [6, 6.07) is 5.29. The maximum atomic E-state index is 10.9. The van der Waals surface area contributed by atoms with Crippen LogP contribution in [0.5, 0.6) is 0 Å². The summed E-state index contributed by atoms with van der Waals surface area (Å²) in [5.41, 5.74) is 1.24. The zero-order valence-corrected chi connectivity index (χ0v) is 12.2. The van der Waals surface area contributed by atoms with Gasteiger partial charge in [-0.05, 0) is 41.1 Å². The monoisotopic (exact) mass is 341 g/mol. The number of anilines is 2. The van der Waals surface area contributed by atoms with Crippen LogP contribution in [0.3, 0.4) is 0 Å². The van der Waals surface area contributed by atoms with Crippen molar-refractivity contribution >= 4 is 45.1 Å². The number of rotatable bonds is 3. The van der Waals surface area contributed by atoms with Crippen LogP contribution < -0.4 is 5.32 Å². The Morgan fingerprint density at radius 1 is 1.47 bits per heavy atom. The molecule has 19 heavy (non-hydrogen) atoms. The minimum Gasteiger partial charge on any atom is -0.478 e. The number of nitrogens with zero attached hydrogens (tertiary/aromatic N) is 2. The summed E-state index contributed by atoms with van der Waals surface area (Å²) >= 11 is 9.21. The standard InChI is InChI=1S/C12H9BrClN3O2/c1-6-8(11(18)19)5-15-12(16-6)17-7-2-3-10(14)9(13)4-7/h2-5H,1H3,(H,18,19)(H,15,16,17). The Kier molecular flexibility index (Phi) is 4.01. The van der Waals surface area contributed by atoms with Crippen molar-refractivity contribution in [1.29, 1.82) is 0 Å². The summed E-state index contributed by atoms with van der Waals surface area (Å²) in [4.78, 5) is 18.9. The van der Waals surface area contributed by atoms with Gasteiger partial charge in [-0.1, -0.05) is 11.6 Å². The molecule has 2 aromatic rings. The molecule has 0 aliphatic rings. The molecule has 98 valence electrons. The molecule has 2 rings (SSSR count). The van der Waals surface area contributed by atoms with E-state index in [1.807, 2.05) is 0 Å². The highest BCUT2D eigenvalue weighted by Gasteiger charge is 2.10. The van der Waals surface area contributed by atoms with Gasteiger partial charge in [0.2, 0.25) is 5.95 Å². The second-order valence-electron chi connectivity index (χ2n) is 3.75. The molecule has 1 aromatic heterocycles.